The lowest BCUT2D eigenvalue weighted by molar-refractivity contribution is 0.0912. The molecule has 2 N–H and O–H groups in total. The average molecular weight is 485 g/mol. The topological polar surface area (TPSA) is 68.7 Å². The summed E-state index contributed by atoms with van der Waals surface area (Å²) in [5.74, 6) is 0.709. The van der Waals surface area contributed by atoms with E-state index >= 15 is 0 Å². The highest BCUT2D eigenvalue weighted by Crippen LogP contribution is 2.31. The van der Waals surface area contributed by atoms with Crippen molar-refractivity contribution in [2.45, 2.75) is 6.54 Å². The van der Waals surface area contributed by atoms with Crippen LogP contribution in [0.1, 0.15) is 15.9 Å². The molecule has 0 radical (unpaired) electrons. The third-order valence-electron chi connectivity index (χ3n) is 5.96. The molecule has 0 saturated carbocycles. The summed E-state index contributed by atoms with van der Waals surface area (Å²) in [6, 6.07) is 28.9. The van der Waals surface area contributed by atoms with Gasteiger partial charge in [-0.15, -0.1) is 0 Å². The highest BCUT2D eigenvalue weighted by molar-refractivity contribution is 6.33. The van der Waals surface area contributed by atoms with Crippen molar-refractivity contribution < 1.29 is 13.9 Å². The van der Waals surface area contributed by atoms with Gasteiger partial charge in [0.05, 0.1) is 17.3 Å². The smallest absolute Gasteiger partial charge is 0.176 e. The number of anilines is 1. The van der Waals surface area contributed by atoms with Gasteiger partial charge in [-0.05, 0) is 42.0 Å². The molecule has 1 aromatic heterocycles. The van der Waals surface area contributed by atoms with E-state index in [9.17, 15) is 4.79 Å². The van der Waals surface area contributed by atoms with Crippen molar-refractivity contribution in [2.75, 3.05) is 25.4 Å². The first kappa shape index (κ1) is 23.0. The summed E-state index contributed by atoms with van der Waals surface area (Å²) >= 11 is 6.01. The van der Waals surface area contributed by atoms with Crippen LogP contribution in [0.2, 0.25) is 5.02 Å². The van der Waals surface area contributed by atoms with Crippen LogP contribution in [0.15, 0.2) is 95.4 Å². The monoisotopic (exact) mass is 484 g/mol. The normalized spacial score (nSPS) is 11.4. The van der Waals surface area contributed by atoms with E-state index in [1.807, 2.05) is 66.7 Å². The van der Waals surface area contributed by atoms with Gasteiger partial charge in [-0.1, -0.05) is 60.1 Å². The van der Waals surface area contributed by atoms with Crippen LogP contribution >= 0.6 is 11.6 Å². The minimum atomic E-state index is -0.0204. The number of halogens is 1. The third-order valence-corrected chi connectivity index (χ3v) is 6.30. The first-order chi connectivity index (χ1) is 17.1. The molecule has 0 fully saturated rings. The van der Waals surface area contributed by atoms with E-state index in [0.717, 1.165) is 33.3 Å². The van der Waals surface area contributed by atoms with Gasteiger partial charge in [-0.3, -0.25) is 9.69 Å². The maximum atomic E-state index is 13.0. The molecule has 4 aromatic carbocycles. The van der Waals surface area contributed by atoms with E-state index in [0.29, 0.717) is 36.0 Å². The number of ketones is 1. The lowest BCUT2D eigenvalue weighted by Crippen LogP contribution is -2.33. The molecule has 5 nitrogen and oxygen atoms in total. The van der Waals surface area contributed by atoms with E-state index < -0.39 is 0 Å². The van der Waals surface area contributed by atoms with Gasteiger partial charge in [0.15, 0.2) is 5.78 Å². The van der Waals surface area contributed by atoms with Crippen molar-refractivity contribution >= 4 is 45.0 Å². The Balaban J connectivity index is 1.28. The summed E-state index contributed by atoms with van der Waals surface area (Å²) in [7, 11) is 0. The standard InChI is InChI=1S/C29H25ClN2O3/c30-25-13-10-21(16-26(25)31)27(33)19-32(18-20-6-2-1-3-7-20)14-15-34-22-11-12-24-23-8-4-5-9-28(23)35-29(24)17-22/h1-13,16-17H,14-15,18-19,31H2. The number of nitrogens with two attached hydrogens (primary N) is 1. The van der Waals surface area contributed by atoms with Gasteiger partial charge in [0.25, 0.3) is 0 Å². The van der Waals surface area contributed by atoms with Crippen molar-refractivity contribution in [1.29, 1.82) is 0 Å². The molecule has 35 heavy (non-hydrogen) atoms. The maximum Gasteiger partial charge on any atom is 0.176 e. The number of Topliss-reactive ketones (excluding diaryl/α,β-unsaturated/α-hetero) is 1. The number of rotatable bonds is 9. The number of ether oxygens (including phenoxy) is 1. The molecule has 5 aromatic rings. The van der Waals surface area contributed by atoms with Crippen LogP contribution in [-0.4, -0.2) is 30.4 Å². The Bertz CT molecular complexity index is 1480. The zero-order valence-electron chi connectivity index (χ0n) is 19.1. The van der Waals surface area contributed by atoms with Gasteiger partial charge in [-0.25, -0.2) is 0 Å². The number of para-hydroxylation sites is 1. The molecule has 5 rings (SSSR count). The number of hydrogen-bond acceptors (Lipinski definition) is 5. The number of nitrogen functional groups attached to an aromatic ring is 1. The minimum absolute atomic E-state index is 0.0204. The Hall–Kier alpha value is -3.80. The summed E-state index contributed by atoms with van der Waals surface area (Å²) in [6.45, 7) is 1.86. The first-order valence-corrected chi connectivity index (χ1v) is 11.8. The van der Waals surface area contributed by atoms with E-state index in [2.05, 4.69) is 11.0 Å². The number of nitrogens with zero attached hydrogens (tertiary/aromatic N) is 1. The minimum Gasteiger partial charge on any atom is -0.492 e. The van der Waals surface area contributed by atoms with Gasteiger partial charge in [0.2, 0.25) is 0 Å². The molecule has 0 amide bonds. The first-order valence-electron chi connectivity index (χ1n) is 11.5. The second kappa shape index (κ2) is 10.2. The molecule has 0 aliphatic heterocycles. The molecule has 0 aliphatic rings. The molecule has 0 bridgehead atoms. The molecular weight excluding hydrogens is 460 g/mol. The molecule has 0 saturated heterocycles. The highest BCUT2D eigenvalue weighted by Gasteiger charge is 2.15. The van der Waals surface area contributed by atoms with Crippen molar-refractivity contribution in [3.8, 4) is 5.75 Å². The van der Waals surface area contributed by atoms with E-state index in [4.69, 9.17) is 26.5 Å². The molecule has 0 unspecified atom stereocenters. The van der Waals surface area contributed by atoms with Gasteiger partial charge in [0, 0.05) is 35.5 Å². The van der Waals surface area contributed by atoms with Crippen molar-refractivity contribution in [3.63, 3.8) is 0 Å². The molecular formula is C29H25ClN2O3. The maximum absolute atomic E-state index is 13.0. The Kier molecular flexibility index (Phi) is 6.70. The summed E-state index contributed by atoms with van der Waals surface area (Å²) in [6.07, 6.45) is 0. The average Bonchev–Trinajstić information content (AvgIpc) is 3.24. The number of carbonyl (C=O) groups is 1. The Morgan fingerprint density at radius 3 is 2.49 bits per heavy atom. The van der Waals surface area contributed by atoms with Crippen LogP contribution < -0.4 is 10.5 Å². The summed E-state index contributed by atoms with van der Waals surface area (Å²) in [5.41, 5.74) is 9.61. The van der Waals surface area contributed by atoms with E-state index in [1.165, 1.54) is 0 Å². The van der Waals surface area contributed by atoms with Crippen molar-refractivity contribution in [2.24, 2.45) is 0 Å². The van der Waals surface area contributed by atoms with Crippen molar-refractivity contribution in [3.05, 3.63) is 107 Å². The fourth-order valence-electron chi connectivity index (χ4n) is 4.16. The van der Waals surface area contributed by atoms with Crippen LogP contribution in [0.3, 0.4) is 0 Å². The van der Waals surface area contributed by atoms with Crippen LogP contribution in [0.4, 0.5) is 5.69 Å². The third kappa shape index (κ3) is 5.32. The second-order valence-corrected chi connectivity index (χ2v) is 8.87. The Labute approximate surface area is 208 Å². The van der Waals surface area contributed by atoms with Gasteiger partial charge < -0.3 is 14.9 Å². The summed E-state index contributed by atoms with van der Waals surface area (Å²) in [4.78, 5) is 15.1. The molecule has 0 aliphatic carbocycles. The molecule has 1 heterocycles. The summed E-state index contributed by atoms with van der Waals surface area (Å²) < 4.78 is 12.0. The van der Waals surface area contributed by atoms with Crippen LogP contribution in [0.5, 0.6) is 5.75 Å². The van der Waals surface area contributed by atoms with Gasteiger partial charge >= 0.3 is 0 Å². The van der Waals surface area contributed by atoms with Crippen LogP contribution in [0, 0.1) is 0 Å². The van der Waals surface area contributed by atoms with Crippen molar-refractivity contribution in [1.82, 2.24) is 4.90 Å². The van der Waals surface area contributed by atoms with Crippen LogP contribution in [-0.2, 0) is 6.54 Å². The van der Waals surface area contributed by atoms with E-state index in [1.54, 1.807) is 18.2 Å². The summed E-state index contributed by atoms with van der Waals surface area (Å²) in [5, 5.41) is 2.59. The largest absolute Gasteiger partial charge is 0.492 e. The molecule has 0 spiro atoms. The second-order valence-electron chi connectivity index (χ2n) is 8.46. The zero-order valence-corrected chi connectivity index (χ0v) is 19.9. The van der Waals surface area contributed by atoms with Gasteiger partial charge in [0.1, 0.15) is 23.5 Å². The number of benzene rings is 4. The number of furan rings is 1. The van der Waals surface area contributed by atoms with E-state index in [-0.39, 0.29) is 12.3 Å². The fourth-order valence-corrected chi connectivity index (χ4v) is 4.27. The number of fused-ring (bicyclic) bond motifs is 3. The lowest BCUT2D eigenvalue weighted by atomic mass is 10.1. The molecule has 6 heteroatoms. The predicted molar refractivity (Wildman–Crippen MR) is 141 cm³/mol. The molecule has 0 atom stereocenters. The number of carbonyl (C=O) groups excluding carboxylic acids is 1. The zero-order chi connectivity index (χ0) is 24.2. The highest BCUT2D eigenvalue weighted by atomic mass is 35.5. The SMILES string of the molecule is Nc1cc(C(=O)CN(CCOc2ccc3c(c2)oc2ccccc23)Cc2ccccc2)ccc1Cl. The van der Waals surface area contributed by atoms with Gasteiger partial charge in [-0.2, -0.15) is 0 Å². The lowest BCUT2D eigenvalue weighted by Gasteiger charge is -2.22. The predicted octanol–water partition coefficient (Wildman–Crippen LogP) is 6.59. The Morgan fingerprint density at radius 2 is 1.66 bits per heavy atom. The number of hydrogen-bond donors (Lipinski definition) is 1. The quantitative estimate of drug-likeness (QED) is 0.189. The fraction of sp³-hybridized carbons (Fsp3) is 0.138. The Morgan fingerprint density at radius 1 is 0.886 bits per heavy atom. The van der Waals surface area contributed by atoms with Crippen LogP contribution in [0.25, 0.3) is 21.9 Å². The molecule has 176 valence electrons.